The first-order valence-corrected chi connectivity index (χ1v) is 8.86. The number of hydrogen-bond acceptors (Lipinski definition) is 5. The molecule has 0 fully saturated rings. The van der Waals surface area contributed by atoms with Gasteiger partial charge in [0, 0.05) is 11.3 Å². The smallest absolute Gasteiger partial charge is 0.339 e. The van der Waals surface area contributed by atoms with Crippen LogP contribution in [-0.2, 0) is 11.1 Å². The molecule has 134 valence electrons. The summed E-state index contributed by atoms with van der Waals surface area (Å²) >= 11 is -2.23. The second-order valence-electron chi connectivity index (χ2n) is 5.63. The molecular formula is C18H19O6S-. The molecule has 2 unspecified atom stereocenters. The number of carbonyl (C=O) groups is 1. The first-order chi connectivity index (χ1) is 11.9. The number of phenols is 1. The SMILES string of the molecule is Cc1ccc(C(CCCOc2ccc(C(=O)O)c(O)c2)S(=O)[O-])cc1. The Morgan fingerprint density at radius 2 is 1.92 bits per heavy atom. The van der Waals surface area contributed by atoms with Crippen LogP contribution in [0.5, 0.6) is 11.5 Å². The van der Waals surface area contributed by atoms with Crippen LogP contribution in [0.1, 0.15) is 39.6 Å². The van der Waals surface area contributed by atoms with E-state index in [1.807, 2.05) is 19.1 Å². The largest absolute Gasteiger partial charge is 0.772 e. The molecule has 2 aromatic rings. The van der Waals surface area contributed by atoms with E-state index < -0.39 is 22.3 Å². The molecule has 0 heterocycles. The Morgan fingerprint density at radius 3 is 2.48 bits per heavy atom. The lowest BCUT2D eigenvalue weighted by molar-refractivity contribution is 0.0693. The van der Waals surface area contributed by atoms with Crippen molar-refractivity contribution in [2.75, 3.05) is 6.61 Å². The van der Waals surface area contributed by atoms with Crippen LogP contribution >= 0.6 is 0 Å². The van der Waals surface area contributed by atoms with Gasteiger partial charge in [0.15, 0.2) is 0 Å². The third-order valence-electron chi connectivity index (χ3n) is 3.76. The molecule has 0 aromatic heterocycles. The molecule has 0 saturated carbocycles. The molecule has 2 N–H and O–H groups in total. The molecular weight excluding hydrogens is 344 g/mol. The summed E-state index contributed by atoms with van der Waals surface area (Å²) in [7, 11) is 0. The number of aromatic hydroxyl groups is 1. The fraction of sp³-hybridized carbons (Fsp3) is 0.278. The standard InChI is InChI=1S/C18H20O6S/c1-12-4-6-13(7-5-12)17(25(22)23)3-2-10-24-14-8-9-15(18(20)21)16(19)11-14/h4-9,11,17,19H,2-3,10H2,1H3,(H,20,21)(H,22,23)/p-1. The summed E-state index contributed by atoms with van der Waals surface area (Å²) < 4.78 is 28.4. The third-order valence-corrected chi connectivity index (χ3v) is 4.73. The van der Waals surface area contributed by atoms with Crippen molar-refractivity contribution in [3.05, 3.63) is 59.2 Å². The van der Waals surface area contributed by atoms with Gasteiger partial charge in [0.1, 0.15) is 17.1 Å². The number of benzene rings is 2. The van der Waals surface area contributed by atoms with Crippen LogP contribution in [0.15, 0.2) is 42.5 Å². The van der Waals surface area contributed by atoms with Crippen LogP contribution < -0.4 is 4.74 Å². The zero-order valence-corrected chi connectivity index (χ0v) is 14.5. The number of carboxylic acids is 1. The first kappa shape index (κ1) is 19.0. The highest BCUT2D eigenvalue weighted by molar-refractivity contribution is 7.79. The van der Waals surface area contributed by atoms with Crippen molar-refractivity contribution in [2.24, 2.45) is 0 Å². The van der Waals surface area contributed by atoms with E-state index in [2.05, 4.69) is 0 Å². The van der Waals surface area contributed by atoms with Crippen molar-refractivity contribution in [3.63, 3.8) is 0 Å². The highest BCUT2D eigenvalue weighted by atomic mass is 32.2. The number of ether oxygens (including phenoxy) is 1. The van der Waals surface area contributed by atoms with Gasteiger partial charge in [-0.15, -0.1) is 0 Å². The highest BCUT2D eigenvalue weighted by Crippen LogP contribution is 2.26. The number of carboxylic acid groups (broad SMARTS) is 1. The van der Waals surface area contributed by atoms with Crippen molar-refractivity contribution >= 4 is 17.0 Å². The second-order valence-corrected chi connectivity index (χ2v) is 6.72. The summed E-state index contributed by atoms with van der Waals surface area (Å²) in [4.78, 5) is 10.8. The van der Waals surface area contributed by atoms with Crippen molar-refractivity contribution in [1.82, 2.24) is 0 Å². The molecule has 2 atom stereocenters. The maximum absolute atomic E-state index is 11.5. The van der Waals surface area contributed by atoms with Gasteiger partial charge < -0.3 is 19.5 Å². The molecule has 2 rings (SSSR count). The predicted octanol–water partition coefficient (Wildman–Crippen LogP) is 3.18. The topological polar surface area (TPSA) is 107 Å². The summed E-state index contributed by atoms with van der Waals surface area (Å²) in [5.41, 5.74) is 1.60. The lowest BCUT2D eigenvalue weighted by Crippen LogP contribution is -2.08. The Kier molecular flexibility index (Phi) is 6.55. The molecule has 0 saturated heterocycles. The van der Waals surface area contributed by atoms with Crippen LogP contribution in [0.4, 0.5) is 0 Å². The zero-order valence-electron chi connectivity index (χ0n) is 13.7. The minimum Gasteiger partial charge on any atom is -0.772 e. The van der Waals surface area contributed by atoms with Gasteiger partial charge in [-0.25, -0.2) is 4.79 Å². The van der Waals surface area contributed by atoms with Gasteiger partial charge in [0.2, 0.25) is 0 Å². The van der Waals surface area contributed by atoms with E-state index in [-0.39, 0.29) is 17.9 Å². The zero-order chi connectivity index (χ0) is 18.4. The Balaban J connectivity index is 1.90. The van der Waals surface area contributed by atoms with Gasteiger partial charge in [0.05, 0.1) is 6.61 Å². The van der Waals surface area contributed by atoms with Crippen molar-refractivity contribution in [2.45, 2.75) is 25.0 Å². The maximum Gasteiger partial charge on any atom is 0.339 e. The Hall–Kier alpha value is -2.38. The van der Waals surface area contributed by atoms with E-state index in [4.69, 9.17) is 9.84 Å². The Bertz CT molecular complexity index is 757. The summed E-state index contributed by atoms with van der Waals surface area (Å²) in [6.07, 6.45) is 0.895. The minimum absolute atomic E-state index is 0.200. The average Bonchev–Trinajstić information content (AvgIpc) is 2.55. The molecule has 0 aliphatic carbocycles. The molecule has 0 aliphatic heterocycles. The van der Waals surface area contributed by atoms with Crippen LogP contribution in [0, 0.1) is 6.92 Å². The van der Waals surface area contributed by atoms with Gasteiger partial charge in [-0.05, 0) is 48.5 Å². The number of rotatable bonds is 8. The number of aromatic carboxylic acids is 1. The molecule has 0 radical (unpaired) electrons. The minimum atomic E-state index is -2.23. The average molecular weight is 363 g/mol. The van der Waals surface area contributed by atoms with Crippen LogP contribution in [0.2, 0.25) is 0 Å². The molecule has 7 heteroatoms. The van der Waals surface area contributed by atoms with Gasteiger partial charge in [0.25, 0.3) is 0 Å². The fourth-order valence-corrected chi connectivity index (χ4v) is 3.13. The van der Waals surface area contributed by atoms with Gasteiger partial charge in [-0.1, -0.05) is 29.8 Å². The molecule has 2 aromatic carbocycles. The Morgan fingerprint density at radius 1 is 1.24 bits per heavy atom. The van der Waals surface area contributed by atoms with E-state index in [1.54, 1.807) is 12.1 Å². The van der Waals surface area contributed by atoms with E-state index in [0.29, 0.717) is 18.6 Å². The van der Waals surface area contributed by atoms with E-state index in [1.165, 1.54) is 18.2 Å². The monoisotopic (exact) mass is 363 g/mol. The van der Waals surface area contributed by atoms with E-state index >= 15 is 0 Å². The van der Waals surface area contributed by atoms with E-state index in [0.717, 1.165) is 11.1 Å². The third kappa shape index (κ3) is 5.30. The molecule has 0 amide bonds. The van der Waals surface area contributed by atoms with Crippen molar-refractivity contribution in [1.29, 1.82) is 0 Å². The molecule has 25 heavy (non-hydrogen) atoms. The quantitative estimate of drug-likeness (QED) is 0.551. The highest BCUT2D eigenvalue weighted by Gasteiger charge is 2.13. The lowest BCUT2D eigenvalue weighted by atomic mass is 10.1. The van der Waals surface area contributed by atoms with Crippen LogP contribution in [-0.4, -0.2) is 31.6 Å². The molecule has 0 aliphatic rings. The van der Waals surface area contributed by atoms with Crippen LogP contribution in [0.3, 0.4) is 0 Å². The molecule has 6 nitrogen and oxygen atoms in total. The van der Waals surface area contributed by atoms with Crippen LogP contribution in [0.25, 0.3) is 0 Å². The fourth-order valence-electron chi connectivity index (χ4n) is 2.40. The predicted molar refractivity (Wildman–Crippen MR) is 92.6 cm³/mol. The van der Waals surface area contributed by atoms with Crippen molar-refractivity contribution in [3.8, 4) is 11.5 Å². The maximum atomic E-state index is 11.5. The first-order valence-electron chi connectivity index (χ1n) is 7.72. The summed E-state index contributed by atoms with van der Waals surface area (Å²) in [6.45, 7) is 2.19. The Labute approximate surface area is 148 Å². The number of hydrogen-bond donors (Lipinski definition) is 2. The van der Waals surface area contributed by atoms with Gasteiger partial charge in [-0.2, -0.15) is 0 Å². The molecule has 0 bridgehead atoms. The summed E-state index contributed by atoms with van der Waals surface area (Å²) in [5.74, 6) is -1.26. The van der Waals surface area contributed by atoms with Gasteiger partial charge in [-0.3, -0.25) is 4.21 Å². The van der Waals surface area contributed by atoms with Crippen molar-refractivity contribution < 1.29 is 28.5 Å². The molecule has 0 spiro atoms. The second kappa shape index (κ2) is 8.64. The van der Waals surface area contributed by atoms with Gasteiger partial charge >= 0.3 is 5.97 Å². The summed E-state index contributed by atoms with van der Waals surface area (Å²) in [6, 6.07) is 11.3. The lowest BCUT2D eigenvalue weighted by Gasteiger charge is -2.20. The number of aryl methyl sites for hydroxylation is 1. The normalized spacial score (nSPS) is 13.2. The van der Waals surface area contributed by atoms with E-state index in [9.17, 15) is 18.7 Å². The summed E-state index contributed by atoms with van der Waals surface area (Å²) in [5, 5.41) is 17.9.